The van der Waals surface area contributed by atoms with E-state index in [-0.39, 0.29) is 5.92 Å². The fraction of sp³-hybridized carbons (Fsp3) is 0.481. The van der Waals surface area contributed by atoms with E-state index in [2.05, 4.69) is 30.8 Å². The first kappa shape index (κ1) is 27.5. The van der Waals surface area contributed by atoms with Gasteiger partial charge in [-0.05, 0) is 62.7 Å². The van der Waals surface area contributed by atoms with Crippen LogP contribution in [0.1, 0.15) is 49.9 Å². The molecule has 1 unspecified atom stereocenters. The van der Waals surface area contributed by atoms with Crippen LogP contribution in [0.4, 0.5) is 8.78 Å². The number of rotatable bonds is 9. The molecule has 2 aliphatic carbocycles. The number of dihydropyridines is 1. The molecule has 0 radical (unpaired) electrons. The van der Waals surface area contributed by atoms with Crippen LogP contribution in [0.25, 0.3) is 17.0 Å². The van der Waals surface area contributed by atoms with Crippen molar-refractivity contribution in [2.75, 3.05) is 6.54 Å². The summed E-state index contributed by atoms with van der Waals surface area (Å²) in [5.41, 5.74) is 8.88. The normalized spacial score (nSPS) is 25.0. The number of nitrogens with two attached hydrogens (primary N) is 1. The van der Waals surface area contributed by atoms with Crippen molar-refractivity contribution in [3.63, 3.8) is 0 Å². The minimum atomic E-state index is -3.51. The summed E-state index contributed by atoms with van der Waals surface area (Å²) in [5.74, 6) is 0.0505. The summed E-state index contributed by atoms with van der Waals surface area (Å²) in [5, 5.41) is 15.0. The van der Waals surface area contributed by atoms with Gasteiger partial charge in [0.1, 0.15) is 0 Å². The molecule has 2 fully saturated rings. The lowest BCUT2D eigenvalue weighted by Gasteiger charge is -2.33. The first-order valence-electron chi connectivity index (χ1n) is 13.8. The van der Waals surface area contributed by atoms with Crippen molar-refractivity contribution in [2.45, 2.75) is 55.9 Å². The summed E-state index contributed by atoms with van der Waals surface area (Å²) < 4.78 is 54.1. The van der Waals surface area contributed by atoms with Gasteiger partial charge in [-0.2, -0.15) is 14.3 Å². The quantitative estimate of drug-likeness (QED) is 0.345. The van der Waals surface area contributed by atoms with Crippen LogP contribution in [-0.4, -0.2) is 55.6 Å². The number of alkyl halides is 2. The average Bonchev–Trinajstić information content (AvgIpc) is 3.56. The van der Waals surface area contributed by atoms with Crippen LogP contribution < -0.4 is 16.4 Å². The van der Waals surface area contributed by atoms with E-state index in [1.807, 2.05) is 25.4 Å². The number of hydrogen-bond donors (Lipinski definition) is 3. The summed E-state index contributed by atoms with van der Waals surface area (Å²) in [6.07, 6.45) is 11.5. The molecule has 218 valence electrons. The number of aromatic nitrogens is 6. The number of nitrogens with zero attached hydrogens (tertiary/aromatic N) is 6. The molecule has 0 spiro atoms. The van der Waals surface area contributed by atoms with Gasteiger partial charge < -0.3 is 16.4 Å². The second kappa shape index (κ2) is 10.6. The van der Waals surface area contributed by atoms with Gasteiger partial charge in [0.05, 0.1) is 34.6 Å². The Morgan fingerprint density at radius 3 is 2.66 bits per heavy atom. The largest absolute Gasteiger partial charge is 0.384 e. The zero-order valence-corrected chi connectivity index (χ0v) is 23.4. The van der Waals surface area contributed by atoms with Gasteiger partial charge in [-0.1, -0.05) is 0 Å². The summed E-state index contributed by atoms with van der Waals surface area (Å²) in [7, 11) is -1.67. The molecule has 41 heavy (non-hydrogen) atoms. The molecule has 0 aromatic carbocycles. The molecule has 3 aromatic heterocycles. The van der Waals surface area contributed by atoms with Crippen molar-refractivity contribution in [3.05, 3.63) is 66.3 Å². The van der Waals surface area contributed by atoms with E-state index in [0.29, 0.717) is 49.3 Å². The van der Waals surface area contributed by atoms with Crippen molar-refractivity contribution in [3.8, 4) is 11.4 Å². The number of hydrogen-bond acceptors (Lipinski definition) is 9. The van der Waals surface area contributed by atoms with E-state index in [9.17, 15) is 17.2 Å². The van der Waals surface area contributed by atoms with Crippen molar-refractivity contribution >= 4 is 15.6 Å². The maximum absolute atomic E-state index is 13.1. The third-order valence-corrected chi connectivity index (χ3v) is 10.1. The van der Waals surface area contributed by atoms with Gasteiger partial charge in [0, 0.05) is 49.4 Å². The number of aryl methyl sites for hydroxylation is 1. The molecule has 4 N–H and O–H groups in total. The molecule has 4 heterocycles. The summed E-state index contributed by atoms with van der Waals surface area (Å²) >= 11 is 0. The molecule has 6 rings (SSSR count). The van der Waals surface area contributed by atoms with Gasteiger partial charge in [-0.15, -0.1) is 0 Å². The van der Waals surface area contributed by atoms with E-state index in [1.165, 1.54) is 12.4 Å². The van der Waals surface area contributed by atoms with Crippen LogP contribution in [0, 0.1) is 11.8 Å². The summed E-state index contributed by atoms with van der Waals surface area (Å²) in [6.45, 7) is 0.617. The van der Waals surface area contributed by atoms with Crippen molar-refractivity contribution < 1.29 is 17.2 Å². The van der Waals surface area contributed by atoms with Crippen LogP contribution in [-0.2, 0) is 22.7 Å². The zero-order chi connectivity index (χ0) is 28.8. The molecule has 0 bridgehead atoms. The summed E-state index contributed by atoms with van der Waals surface area (Å²) in [6, 6.07) is 3.59. The van der Waals surface area contributed by atoms with E-state index in [4.69, 9.17) is 5.73 Å². The van der Waals surface area contributed by atoms with Crippen molar-refractivity contribution in [2.24, 2.45) is 24.6 Å². The monoisotopic (exact) mass is 585 g/mol. The molecular weight excluding hydrogens is 552 g/mol. The summed E-state index contributed by atoms with van der Waals surface area (Å²) in [4.78, 5) is 9.00. The maximum atomic E-state index is 13.1. The highest BCUT2D eigenvalue weighted by Crippen LogP contribution is 2.34. The Hall–Kier alpha value is -3.65. The van der Waals surface area contributed by atoms with Gasteiger partial charge in [0.15, 0.2) is 11.5 Å². The molecule has 14 heteroatoms. The SMILES string of the molecule is Cn1ccc(C2=CNC(N)(c3ccnc(-c4cnn(S(=O)(=O)C5CC5)c4)n3)C=C2NCC2CCC(C(F)F)CC2)n1. The highest BCUT2D eigenvalue weighted by molar-refractivity contribution is 7.90. The Balaban J connectivity index is 1.25. The molecule has 0 saturated heterocycles. The van der Waals surface area contributed by atoms with Gasteiger partial charge in [-0.25, -0.2) is 27.2 Å². The lowest BCUT2D eigenvalue weighted by atomic mass is 9.82. The minimum absolute atomic E-state index is 0.270. The minimum Gasteiger partial charge on any atom is -0.384 e. The second-order valence-corrected chi connectivity index (χ2v) is 13.2. The first-order chi connectivity index (χ1) is 19.6. The van der Waals surface area contributed by atoms with E-state index >= 15 is 0 Å². The van der Waals surface area contributed by atoms with Crippen molar-refractivity contribution in [1.29, 1.82) is 0 Å². The molecular formula is C27H33F2N9O2S. The average molecular weight is 586 g/mol. The Morgan fingerprint density at radius 1 is 1.20 bits per heavy atom. The van der Waals surface area contributed by atoms with Crippen LogP contribution in [0.5, 0.6) is 0 Å². The zero-order valence-electron chi connectivity index (χ0n) is 22.6. The fourth-order valence-corrected chi connectivity index (χ4v) is 6.86. The maximum Gasteiger partial charge on any atom is 0.256 e. The Kier molecular flexibility index (Phi) is 7.14. The van der Waals surface area contributed by atoms with Gasteiger partial charge >= 0.3 is 0 Å². The third kappa shape index (κ3) is 5.62. The molecule has 1 atom stereocenters. The highest BCUT2D eigenvalue weighted by atomic mass is 32.2. The smallest absolute Gasteiger partial charge is 0.256 e. The van der Waals surface area contributed by atoms with Gasteiger partial charge in [-0.3, -0.25) is 4.68 Å². The number of allylic oxidation sites excluding steroid dienone is 1. The Bertz CT molecular complexity index is 1590. The standard InChI is InChI=1S/C27H33F2N9O2S/c1-37-11-9-22(36-37)21-15-33-27(30,12-23(21)32-13-17-2-4-18(5-3-17)25(28)29)24-8-10-31-26(35-24)19-14-34-38(16-19)41(39,40)20-6-7-20/h8-12,14-18,20,25,32-33H,2-7,13,30H2,1H3. The molecule has 1 aliphatic heterocycles. The fourth-order valence-electron chi connectivity index (χ4n) is 5.39. The van der Waals surface area contributed by atoms with Crippen LogP contribution >= 0.6 is 0 Å². The highest BCUT2D eigenvalue weighted by Gasteiger charge is 2.38. The molecule has 11 nitrogen and oxygen atoms in total. The van der Waals surface area contributed by atoms with E-state index < -0.39 is 33.3 Å². The first-order valence-corrected chi connectivity index (χ1v) is 15.3. The van der Waals surface area contributed by atoms with Gasteiger partial charge in [0.2, 0.25) is 6.43 Å². The third-order valence-electron chi connectivity index (χ3n) is 8.04. The van der Waals surface area contributed by atoms with E-state index in [0.717, 1.165) is 33.9 Å². The van der Waals surface area contributed by atoms with E-state index in [1.54, 1.807) is 23.1 Å². The molecule has 0 amide bonds. The van der Waals surface area contributed by atoms with Crippen LogP contribution in [0.15, 0.2) is 54.9 Å². The topological polar surface area (TPSA) is 146 Å². The predicted octanol–water partition coefficient (Wildman–Crippen LogP) is 2.71. The Morgan fingerprint density at radius 2 is 1.98 bits per heavy atom. The Labute approximate surface area is 237 Å². The second-order valence-electron chi connectivity index (χ2n) is 11.1. The molecule has 2 saturated carbocycles. The lowest BCUT2D eigenvalue weighted by Crippen LogP contribution is -2.50. The molecule has 3 aliphatic rings. The molecule has 3 aromatic rings. The number of nitrogens with one attached hydrogen (secondary N) is 2. The predicted molar refractivity (Wildman–Crippen MR) is 148 cm³/mol. The lowest BCUT2D eigenvalue weighted by molar-refractivity contribution is 0.0468. The van der Waals surface area contributed by atoms with Crippen LogP contribution in [0.2, 0.25) is 0 Å². The number of halogens is 2. The van der Waals surface area contributed by atoms with Crippen molar-refractivity contribution in [1.82, 2.24) is 39.6 Å². The van der Waals surface area contributed by atoms with Gasteiger partial charge in [0.25, 0.3) is 10.0 Å². The van der Waals surface area contributed by atoms with Crippen LogP contribution in [0.3, 0.4) is 0 Å².